The number of primary amides is 1. The number of hydrogen-bond acceptors (Lipinski definition) is 5. The number of nitrogens with zero attached hydrogens (tertiary/aromatic N) is 2. The first-order valence-corrected chi connectivity index (χ1v) is 7.77. The molecule has 128 valence electrons. The number of carbonyl (C=O) groups excluding carboxylic acids is 3. The van der Waals surface area contributed by atoms with Crippen molar-refractivity contribution in [3.63, 3.8) is 0 Å². The van der Waals surface area contributed by atoms with E-state index in [-0.39, 0.29) is 12.5 Å². The van der Waals surface area contributed by atoms with Crippen molar-refractivity contribution in [2.75, 3.05) is 24.6 Å². The number of aryl methyl sites for hydroxylation is 1. The topological polar surface area (TPSA) is 113 Å². The summed E-state index contributed by atoms with van der Waals surface area (Å²) in [6.07, 6.45) is 0.00953. The highest BCUT2D eigenvalue weighted by Gasteiger charge is 2.36. The molecule has 0 aromatic heterocycles. The fourth-order valence-electron chi connectivity index (χ4n) is 3.05. The molecule has 3 N–H and O–H groups in total. The number of cyclic esters (lactones) is 1. The van der Waals surface area contributed by atoms with E-state index < -0.39 is 24.7 Å². The number of rotatable bonds is 3. The Morgan fingerprint density at radius 1 is 1.33 bits per heavy atom. The highest BCUT2D eigenvalue weighted by molar-refractivity contribution is 5.95. The number of ether oxygens (including phenoxy) is 1. The summed E-state index contributed by atoms with van der Waals surface area (Å²) >= 11 is 0. The molecule has 1 unspecified atom stereocenters. The summed E-state index contributed by atoms with van der Waals surface area (Å²) in [6, 6.07) is 5.50. The fraction of sp³-hybridized carbons (Fsp3) is 0.438. The number of anilines is 1. The normalized spacial score (nSPS) is 20.4. The quantitative estimate of drug-likeness (QED) is 0.793. The van der Waals surface area contributed by atoms with Crippen LogP contribution in [0.4, 0.5) is 10.5 Å². The maximum atomic E-state index is 11.9. The molecule has 2 heterocycles. The Hall–Kier alpha value is -2.61. The second kappa shape index (κ2) is 6.48. The minimum atomic E-state index is -0.936. The third-order valence-electron chi connectivity index (χ3n) is 4.35. The molecule has 0 radical (unpaired) electrons. The van der Waals surface area contributed by atoms with Crippen LogP contribution in [0.2, 0.25) is 0 Å². The van der Waals surface area contributed by atoms with E-state index in [1.807, 2.05) is 12.1 Å². The van der Waals surface area contributed by atoms with Crippen LogP contribution in [-0.2, 0) is 27.3 Å². The molecule has 8 heteroatoms. The summed E-state index contributed by atoms with van der Waals surface area (Å²) in [5.41, 5.74) is 7.85. The van der Waals surface area contributed by atoms with Crippen LogP contribution in [0.25, 0.3) is 0 Å². The van der Waals surface area contributed by atoms with Crippen LogP contribution < -0.4 is 10.6 Å². The predicted octanol–water partition coefficient (Wildman–Crippen LogP) is -0.236. The molecule has 8 nitrogen and oxygen atoms in total. The lowest BCUT2D eigenvalue weighted by Gasteiger charge is -2.20. The van der Waals surface area contributed by atoms with Gasteiger partial charge in [-0.2, -0.15) is 0 Å². The van der Waals surface area contributed by atoms with Crippen LogP contribution in [0, 0.1) is 0 Å². The Morgan fingerprint density at radius 2 is 2.12 bits per heavy atom. The summed E-state index contributed by atoms with van der Waals surface area (Å²) in [5.74, 6) is -0.960. The monoisotopic (exact) mass is 333 g/mol. The van der Waals surface area contributed by atoms with Gasteiger partial charge in [0.2, 0.25) is 5.91 Å². The van der Waals surface area contributed by atoms with Gasteiger partial charge in [-0.3, -0.25) is 14.5 Å². The first-order valence-electron chi connectivity index (χ1n) is 7.77. The van der Waals surface area contributed by atoms with Crippen LogP contribution in [0.5, 0.6) is 0 Å². The van der Waals surface area contributed by atoms with Crippen LogP contribution in [0.1, 0.15) is 17.5 Å². The lowest BCUT2D eigenvalue weighted by Crippen LogP contribution is -2.33. The Bertz CT molecular complexity index is 690. The average molecular weight is 333 g/mol. The molecule has 0 spiro atoms. The number of fused-ring (bicyclic) bond motifs is 1. The van der Waals surface area contributed by atoms with Crippen molar-refractivity contribution >= 4 is 23.6 Å². The Balaban J connectivity index is 1.82. The molecular formula is C16H19N3O5. The minimum Gasteiger partial charge on any atom is -0.434 e. The van der Waals surface area contributed by atoms with E-state index in [0.29, 0.717) is 18.8 Å². The van der Waals surface area contributed by atoms with Crippen molar-refractivity contribution in [1.29, 1.82) is 0 Å². The number of amides is 3. The Morgan fingerprint density at radius 3 is 2.79 bits per heavy atom. The maximum absolute atomic E-state index is 11.9. The summed E-state index contributed by atoms with van der Waals surface area (Å²) in [4.78, 5) is 37.8. The van der Waals surface area contributed by atoms with E-state index in [9.17, 15) is 14.4 Å². The van der Waals surface area contributed by atoms with Crippen molar-refractivity contribution in [2.45, 2.75) is 25.5 Å². The third-order valence-corrected chi connectivity index (χ3v) is 4.35. The molecule has 3 rings (SSSR count). The third kappa shape index (κ3) is 3.05. The van der Waals surface area contributed by atoms with Crippen LogP contribution in [0.15, 0.2) is 18.2 Å². The molecule has 1 fully saturated rings. The standard InChI is InChI=1S/C16H19N3O5/c17-15(22)13-8-19(16(23)24-13)12-4-3-11-7-18(14(21)9-20)5-1-2-10(11)6-12/h3-4,6,13,20H,1-2,5,7-9H2,(H2,17,22). The molecule has 0 saturated carbocycles. The molecule has 1 aromatic rings. The molecule has 0 bridgehead atoms. The molecular weight excluding hydrogens is 314 g/mol. The Labute approximate surface area is 138 Å². The van der Waals surface area contributed by atoms with Gasteiger partial charge in [-0.1, -0.05) is 6.07 Å². The van der Waals surface area contributed by atoms with Gasteiger partial charge in [-0.05, 0) is 36.1 Å². The molecule has 3 amide bonds. The molecule has 2 aliphatic heterocycles. The van der Waals surface area contributed by atoms with Gasteiger partial charge >= 0.3 is 6.09 Å². The fourth-order valence-corrected chi connectivity index (χ4v) is 3.05. The summed E-state index contributed by atoms with van der Waals surface area (Å²) in [6.45, 7) is 0.617. The van der Waals surface area contributed by atoms with Crippen molar-refractivity contribution in [3.05, 3.63) is 29.3 Å². The number of carbonyl (C=O) groups is 3. The van der Waals surface area contributed by atoms with Gasteiger partial charge in [-0.15, -0.1) is 0 Å². The Kier molecular flexibility index (Phi) is 4.39. The average Bonchev–Trinajstić information content (AvgIpc) is 2.83. The minimum absolute atomic E-state index is 0.0993. The molecule has 24 heavy (non-hydrogen) atoms. The van der Waals surface area contributed by atoms with Gasteiger partial charge in [-0.25, -0.2) is 4.79 Å². The molecule has 1 aromatic carbocycles. The van der Waals surface area contributed by atoms with E-state index in [1.165, 1.54) is 4.90 Å². The largest absolute Gasteiger partial charge is 0.434 e. The van der Waals surface area contributed by atoms with Gasteiger partial charge in [0.15, 0.2) is 6.10 Å². The molecule has 2 aliphatic rings. The van der Waals surface area contributed by atoms with Crippen LogP contribution >= 0.6 is 0 Å². The van der Waals surface area contributed by atoms with E-state index >= 15 is 0 Å². The first kappa shape index (κ1) is 16.3. The number of nitrogens with two attached hydrogens (primary N) is 1. The second-order valence-corrected chi connectivity index (χ2v) is 5.92. The van der Waals surface area contributed by atoms with Gasteiger partial charge in [0.1, 0.15) is 6.61 Å². The summed E-state index contributed by atoms with van der Waals surface area (Å²) in [7, 11) is 0. The lowest BCUT2D eigenvalue weighted by atomic mass is 10.0. The van der Waals surface area contributed by atoms with Crippen molar-refractivity contribution in [3.8, 4) is 0 Å². The van der Waals surface area contributed by atoms with Crippen LogP contribution in [-0.4, -0.2) is 53.7 Å². The van der Waals surface area contributed by atoms with Crippen molar-refractivity contribution in [1.82, 2.24) is 4.90 Å². The zero-order chi connectivity index (χ0) is 17.3. The van der Waals surface area contributed by atoms with Crippen molar-refractivity contribution in [2.24, 2.45) is 5.73 Å². The van der Waals surface area contributed by atoms with E-state index in [4.69, 9.17) is 15.6 Å². The molecule has 1 atom stereocenters. The smallest absolute Gasteiger partial charge is 0.415 e. The SMILES string of the molecule is NC(=O)C1CN(c2ccc3c(c2)CCCN(C(=O)CO)C3)C(=O)O1. The summed E-state index contributed by atoms with van der Waals surface area (Å²) in [5, 5.41) is 9.03. The zero-order valence-corrected chi connectivity index (χ0v) is 13.1. The van der Waals surface area contributed by atoms with E-state index in [2.05, 4.69) is 0 Å². The first-order chi connectivity index (χ1) is 11.5. The van der Waals surface area contributed by atoms with Gasteiger partial charge < -0.3 is 20.5 Å². The van der Waals surface area contributed by atoms with E-state index in [0.717, 1.165) is 24.0 Å². The van der Waals surface area contributed by atoms with E-state index in [1.54, 1.807) is 11.0 Å². The van der Waals surface area contributed by atoms with Crippen LogP contribution in [0.3, 0.4) is 0 Å². The number of aliphatic hydroxyl groups is 1. The van der Waals surface area contributed by atoms with Gasteiger partial charge in [0, 0.05) is 18.8 Å². The predicted molar refractivity (Wildman–Crippen MR) is 84.1 cm³/mol. The number of benzene rings is 1. The number of aliphatic hydroxyl groups excluding tert-OH is 1. The second-order valence-electron chi connectivity index (χ2n) is 5.92. The zero-order valence-electron chi connectivity index (χ0n) is 13.1. The highest BCUT2D eigenvalue weighted by atomic mass is 16.6. The molecule has 1 saturated heterocycles. The van der Waals surface area contributed by atoms with Crippen molar-refractivity contribution < 1.29 is 24.2 Å². The molecule has 0 aliphatic carbocycles. The lowest BCUT2D eigenvalue weighted by molar-refractivity contribution is -0.134. The number of hydrogen-bond donors (Lipinski definition) is 2. The highest BCUT2D eigenvalue weighted by Crippen LogP contribution is 2.27. The maximum Gasteiger partial charge on any atom is 0.415 e. The van der Waals surface area contributed by atoms with Gasteiger partial charge in [0.25, 0.3) is 5.91 Å². The summed E-state index contributed by atoms with van der Waals surface area (Å²) < 4.78 is 4.95. The van der Waals surface area contributed by atoms with Gasteiger partial charge in [0.05, 0.1) is 6.54 Å².